The van der Waals surface area contributed by atoms with Crippen LogP contribution >= 0.6 is 11.3 Å². The largest absolute Gasteiger partial charge is 0.455 e. The van der Waals surface area contributed by atoms with Gasteiger partial charge in [-0.3, -0.25) is 24.1 Å². The van der Waals surface area contributed by atoms with Gasteiger partial charge in [-0.1, -0.05) is 92.7 Å². The molecule has 0 radical (unpaired) electrons. The molecule has 3 rings (SSSR count). The van der Waals surface area contributed by atoms with E-state index in [1.165, 1.54) is 18.3 Å². The molecule has 60 heavy (non-hydrogen) atoms. The van der Waals surface area contributed by atoms with Gasteiger partial charge in [0.2, 0.25) is 11.8 Å². The van der Waals surface area contributed by atoms with Gasteiger partial charge in [0.15, 0.2) is 12.4 Å². The van der Waals surface area contributed by atoms with Gasteiger partial charge in [-0.25, -0.2) is 4.98 Å². The minimum absolute atomic E-state index is 0.0487. The number of nitrogens with zero attached hydrogens (tertiary/aromatic N) is 3. The van der Waals surface area contributed by atoms with E-state index >= 15 is 0 Å². The number of unbranched alkanes of at least 4 members (excludes halogenated alkanes) is 3. The zero-order chi connectivity index (χ0) is 44.6. The summed E-state index contributed by atoms with van der Waals surface area (Å²) in [6, 6.07) is 5.18. The Bertz CT molecular complexity index is 1630. The molecule has 7 N–H and O–H groups in total. The second-order valence-electron chi connectivity index (χ2n) is 17.6. The van der Waals surface area contributed by atoms with Gasteiger partial charge < -0.3 is 41.3 Å². The van der Waals surface area contributed by atoms with Crippen molar-refractivity contribution < 1.29 is 39.2 Å². The molecule has 338 valence electrons. The average molecular weight is 859 g/mol. The second-order valence-corrected chi connectivity index (χ2v) is 18.5. The number of carbonyl (C=O) groups excluding carboxylic acids is 4. The summed E-state index contributed by atoms with van der Waals surface area (Å²) in [7, 11) is 0. The standard InChI is InChI=1S/C45H74N6O8S/c1-9-11-12-14-22-51(43(56)39(30(5)10-2)49-41(55)36-16-13-15-21-50(36)23-24-52)37(29(3)4)26-38(59-31(6)53)42-48-35(28-60-42)40(54)47-34(27-45(7,8)44(57)58)25-32-17-19-33(46)20-18-32/h17-20,28-30,34,36-39,44,52,57-58H,9-16,21-27,46H2,1-8H3,(H,47,54)(H,49,55)/t30-,34-,36+,37+,38+,39-/m0/s1. The van der Waals surface area contributed by atoms with Crippen LogP contribution in [0.4, 0.5) is 5.69 Å². The molecule has 0 unspecified atom stereocenters. The number of nitrogens with one attached hydrogen (secondary N) is 2. The highest BCUT2D eigenvalue weighted by Crippen LogP contribution is 2.33. The fourth-order valence-corrected chi connectivity index (χ4v) is 8.81. The number of aliphatic hydroxyl groups is 3. The highest BCUT2D eigenvalue weighted by molar-refractivity contribution is 7.09. The molecule has 15 heteroatoms. The maximum Gasteiger partial charge on any atom is 0.303 e. The Balaban J connectivity index is 1.94. The molecule has 3 amide bonds. The molecular weight excluding hydrogens is 785 g/mol. The van der Waals surface area contributed by atoms with E-state index in [9.17, 15) is 34.5 Å². The first kappa shape index (κ1) is 50.7. The summed E-state index contributed by atoms with van der Waals surface area (Å²) in [6.45, 7) is 16.4. The van der Waals surface area contributed by atoms with Crippen molar-refractivity contribution in [2.45, 2.75) is 163 Å². The molecule has 2 aromatic rings. The number of piperidine rings is 1. The summed E-state index contributed by atoms with van der Waals surface area (Å²) in [5, 5.41) is 38.1. The number of rotatable bonds is 25. The van der Waals surface area contributed by atoms with E-state index < -0.39 is 53.9 Å². The molecule has 1 aliphatic rings. The van der Waals surface area contributed by atoms with Crippen LogP contribution in [-0.4, -0.2) is 110 Å². The number of aliphatic hydroxyl groups excluding tert-OH is 2. The van der Waals surface area contributed by atoms with Crippen LogP contribution in [0, 0.1) is 17.3 Å². The van der Waals surface area contributed by atoms with E-state index in [2.05, 4.69) is 17.6 Å². The minimum Gasteiger partial charge on any atom is -0.455 e. The first-order valence-corrected chi connectivity index (χ1v) is 22.9. The van der Waals surface area contributed by atoms with Gasteiger partial charge >= 0.3 is 5.97 Å². The summed E-state index contributed by atoms with van der Waals surface area (Å²) in [4.78, 5) is 63.9. The number of anilines is 1. The molecule has 2 heterocycles. The molecule has 1 fully saturated rings. The third kappa shape index (κ3) is 15.4. The molecular formula is C45H74N6O8S. The van der Waals surface area contributed by atoms with Crippen molar-refractivity contribution in [1.82, 2.24) is 25.4 Å². The van der Waals surface area contributed by atoms with Gasteiger partial charge in [0.05, 0.1) is 12.6 Å². The molecule has 1 aliphatic heterocycles. The Morgan fingerprint density at radius 2 is 1.75 bits per heavy atom. The SMILES string of the molecule is CCCCCCN(C(=O)[C@@H](NC(=O)[C@H]1CCCCN1CCO)[C@@H](C)CC)[C@H](C[C@@H](OC(C)=O)c1nc(C(=O)N[C@@H](Cc2ccc(N)cc2)CC(C)(C)C(O)O)cs1)C(C)C. The Morgan fingerprint density at radius 3 is 2.35 bits per heavy atom. The van der Waals surface area contributed by atoms with Crippen molar-refractivity contribution in [3.8, 4) is 0 Å². The van der Waals surface area contributed by atoms with Crippen molar-refractivity contribution in [2.75, 3.05) is 32.0 Å². The lowest BCUT2D eigenvalue weighted by Gasteiger charge is -2.40. The normalized spacial score (nSPS) is 17.4. The van der Waals surface area contributed by atoms with Gasteiger partial charge in [0.25, 0.3) is 5.91 Å². The van der Waals surface area contributed by atoms with Gasteiger partial charge in [-0.2, -0.15) is 0 Å². The van der Waals surface area contributed by atoms with Crippen LogP contribution in [0.2, 0.25) is 0 Å². The maximum absolute atomic E-state index is 15.0. The van der Waals surface area contributed by atoms with E-state index in [0.717, 1.165) is 44.1 Å². The van der Waals surface area contributed by atoms with Crippen LogP contribution in [-0.2, 0) is 25.5 Å². The van der Waals surface area contributed by atoms with Crippen LogP contribution < -0.4 is 16.4 Å². The molecule has 0 aliphatic carbocycles. The van der Waals surface area contributed by atoms with E-state index in [1.807, 2.05) is 49.6 Å². The maximum atomic E-state index is 15.0. The number of aromatic nitrogens is 1. The number of β-amino-alcohol motifs (C(OH)–C–C–N with tert-alkyl or cyclic N) is 1. The Kier molecular flexibility index (Phi) is 20.9. The predicted molar refractivity (Wildman–Crippen MR) is 236 cm³/mol. The third-order valence-corrected chi connectivity index (χ3v) is 12.8. The Labute approximate surface area is 362 Å². The summed E-state index contributed by atoms with van der Waals surface area (Å²) < 4.78 is 5.93. The monoisotopic (exact) mass is 859 g/mol. The number of nitrogen functional groups attached to an aromatic ring is 1. The molecule has 14 nitrogen and oxygen atoms in total. The average Bonchev–Trinajstić information content (AvgIpc) is 3.70. The van der Waals surface area contributed by atoms with Gasteiger partial charge in [0.1, 0.15) is 16.7 Å². The zero-order valence-corrected chi connectivity index (χ0v) is 38.1. The number of ether oxygens (including phenoxy) is 1. The van der Waals surface area contributed by atoms with E-state index in [0.29, 0.717) is 49.6 Å². The topological polar surface area (TPSA) is 208 Å². The number of likely N-dealkylation sites (tertiary alicyclic amines) is 1. The molecule has 0 saturated carbocycles. The Hall–Kier alpha value is -3.63. The molecule has 1 aromatic heterocycles. The number of thiazole rings is 1. The zero-order valence-electron chi connectivity index (χ0n) is 37.3. The number of nitrogens with two attached hydrogens (primary N) is 1. The van der Waals surface area contributed by atoms with E-state index in [1.54, 1.807) is 31.4 Å². The van der Waals surface area contributed by atoms with Crippen molar-refractivity contribution in [2.24, 2.45) is 17.3 Å². The van der Waals surface area contributed by atoms with Crippen LogP contribution in [0.25, 0.3) is 0 Å². The fourth-order valence-electron chi connectivity index (χ4n) is 7.97. The smallest absolute Gasteiger partial charge is 0.303 e. The lowest BCUT2D eigenvalue weighted by Crippen LogP contribution is -2.59. The lowest BCUT2D eigenvalue weighted by atomic mass is 9.83. The van der Waals surface area contributed by atoms with Gasteiger partial charge in [-0.15, -0.1) is 11.3 Å². The number of amides is 3. The highest BCUT2D eigenvalue weighted by atomic mass is 32.1. The molecule has 0 spiro atoms. The second kappa shape index (κ2) is 24.7. The Morgan fingerprint density at radius 1 is 1.05 bits per heavy atom. The number of hydrogen-bond acceptors (Lipinski definition) is 12. The summed E-state index contributed by atoms with van der Waals surface area (Å²) in [5.41, 5.74) is 6.60. The highest BCUT2D eigenvalue weighted by Gasteiger charge is 2.39. The van der Waals surface area contributed by atoms with Gasteiger partial charge in [0, 0.05) is 55.0 Å². The van der Waals surface area contributed by atoms with Gasteiger partial charge in [-0.05, 0) is 68.2 Å². The number of benzene rings is 1. The van der Waals surface area contributed by atoms with Crippen LogP contribution in [0.1, 0.15) is 147 Å². The number of carbonyl (C=O) groups is 4. The van der Waals surface area contributed by atoms with E-state index in [4.69, 9.17) is 15.5 Å². The fraction of sp³-hybridized carbons (Fsp3) is 0.711. The first-order chi connectivity index (χ1) is 28.4. The van der Waals surface area contributed by atoms with Crippen molar-refractivity contribution in [3.63, 3.8) is 0 Å². The molecule has 0 bridgehead atoms. The number of hydrogen-bond donors (Lipinski definition) is 6. The molecule has 1 aromatic carbocycles. The van der Waals surface area contributed by atoms with Crippen LogP contribution in [0.3, 0.4) is 0 Å². The molecule has 6 atom stereocenters. The third-order valence-electron chi connectivity index (χ3n) is 11.8. The number of esters is 1. The summed E-state index contributed by atoms with van der Waals surface area (Å²) in [5.74, 6) is -1.61. The lowest BCUT2D eigenvalue weighted by molar-refractivity contribution is -0.149. The van der Waals surface area contributed by atoms with Crippen LogP contribution in [0.15, 0.2) is 29.6 Å². The quantitative estimate of drug-likeness (QED) is 0.0314. The van der Waals surface area contributed by atoms with Crippen molar-refractivity contribution in [1.29, 1.82) is 0 Å². The van der Waals surface area contributed by atoms with E-state index in [-0.39, 0.29) is 48.8 Å². The summed E-state index contributed by atoms with van der Waals surface area (Å²) in [6.07, 6.45) is 5.31. The first-order valence-electron chi connectivity index (χ1n) is 22.0. The molecule has 1 saturated heterocycles. The summed E-state index contributed by atoms with van der Waals surface area (Å²) >= 11 is 1.19. The van der Waals surface area contributed by atoms with Crippen LogP contribution in [0.5, 0.6) is 0 Å². The van der Waals surface area contributed by atoms with Crippen molar-refractivity contribution in [3.05, 3.63) is 45.9 Å². The minimum atomic E-state index is -1.61. The van der Waals surface area contributed by atoms with Crippen molar-refractivity contribution >= 4 is 40.7 Å². The predicted octanol–water partition coefficient (Wildman–Crippen LogP) is 5.60.